The lowest BCUT2D eigenvalue weighted by Gasteiger charge is -2.53. The van der Waals surface area contributed by atoms with Crippen LogP contribution >= 0.6 is 11.6 Å². The van der Waals surface area contributed by atoms with E-state index in [1.807, 2.05) is 20.8 Å². The van der Waals surface area contributed by atoms with Gasteiger partial charge < -0.3 is 24.5 Å². The van der Waals surface area contributed by atoms with Crippen LogP contribution in [0.2, 0.25) is 5.28 Å². The molecule has 1 unspecified atom stereocenters. The van der Waals surface area contributed by atoms with Crippen molar-refractivity contribution in [3.05, 3.63) is 34.9 Å². The summed E-state index contributed by atoms with van der Waals surface area (Å²) in [4.78, 5) is 34.9. The quantitative estimate of drug-likeness (QED) is 0.323. The molecule has 4 rings (SSSR count). The summed E-state index contributed by atoms with van der Waals surface area (Å²) in [6.07, 6.45) is 3.43. The van der Waals surface area contributed by atoms with E-state index in [0.29, 0.717) is 24.3 Å². The zero-order valence-electron chi connectivity index (χ0n) is 27.0. The number of benzene rings is 1. The molecule has 2 aliphatic rings. The van der Waals surface area contributed by atoms with E-state index < -0.39 is 5.82 Å². The molecule has 0 saturated carbocycles. The van der Waals surface area contributed by atoms with Crippen LogP contribution in [-0.4, -0.2) is 113 Å². The van der Waals surface area contributed by atoms with Crippen LogP contribution in [0.4, 0.5) is 10.2 Å². The average Bonchev–Trinajstić information content (AvgIpc) is 3.38. The largest absolute Gasteiger partial charge is 0.483 e. The number of carbonyl (C=O) groups is 2. The van der Waals surface area contributed by atoms with Gasteiger partial charge in [-0.2, -0.15) is 4.98 Å². The number of hydrogen-bond acceptors (Lipinski definition) is 9. The second kappa shape index (κ2) is 15.8. The zero-order chi connectivity index (χ0) is 32.6. The van der Waals surface area contributed by atoms with Crippen molar-refractivity contribution in [2.75, 3.05) is 58.3 Å². The lowest BCUT2D eigenvalue weighted by atomic mass is 9.76. The number of ether oxygens (including phenoxy) is 1. The molecule has 0 bridgehead atoms. The summed E-state index contributed by atoms with van der Waals surface area (Å²) in [5.74, 6) is 0.623. The third-order valence-corrected chi connectivity index (χ3v) is 8.54. The highest BCUT2D eigenvalue weighted by atomic mass is 35.5. The number of hydrogen-bond donors (Lipinski definition) is 1. The molecular weight excluding hydrogens is 589 g/mol. The fourth-order valence-corrected chi connectivity index (χ4v) is 6.42. The van der Waals surface area contributed by atoms with E-state index in [4.69, 9.17) is 26.2 Å². The molecule has 1 amide bonds. The van der Waals surface area contributed by atoms with Crippen molar-refractivity contribution in [1.82, 2.24) is 29.9 Å². The number of halogens is 2. The first kappa shape index (κ1) is 35.4. The van der Waals surface area contributed by atoms with Crippen molar-refractivity contribution in [3.63, 3.8) is 0 Å². The van der Waals surface area contributed by atoms with E-state index in [1.54, 1.807) is 4.90 Å². The fourth-order valence-electron chi connectivity index (χ4n) is 6.30. The first-order chi connectivity index (χ1) is 20.8. The Bertz CT molecular complexity index is 1260. The lowest BCUT2D eigenvalue weighted by Crippen LogP contribution is -2.62. The molecule has 2 fully saturated rings. The normalized spacial score (nSPS) is 16.6. The smallest absolute Gasteiger partial charge is 0.290 e. The molecule has 3 heterocycles. The molecule has 1 atom stereocenters. The molecule has 1 aromatic heterocycles. The maximum atomic E-state index is 14.3. The minimum atomic E-state index is -0.515. The summed E-state index contributed by atoms with van der Waals surface area (Å²) >= 11 is 6.20. The Kier molecular flexibility index (Phi) is 12.7. The molecule has 1 aromatic carbocycles. The Balaban J connectivity index is 0.00000169. The third-order valence-electron chi connectivity index (χ3n) is 8.37. The van der Waals surface area contributed by atoms with Crippen molar-refractivity contribution < 1.29 is 23.8 Å². The fraction of sp³-hybridized carbons (Fsp3) is 0.645. The van der Waals surface area contributed by atoms with Gasteiger partial charge in [0.15, 0.2) is 5.82 Å². The molecule has 2 aliphatic heterocycles. The topological polar surface area (TPSA) is 115 Å². The summed E-state index contributed by atoms with van der Waals surface area (Å²) in [6, 6.07) is 4.45. The highest BCUT2D eigenvalue weighted by Gasteiger charge is 2.50. The first-order valence-electron chi connectivity index (χ1n) is 15.2. The molecular formula is C31H47ClFN7O4. The Morgan fingerprint density at radius 1 is 1.20 bits per heavy atom. The number of aromatic nitrogens is 3. The molecule has 2 saturated heterocycles. The van der Waals surface area contributed by atoms with Crippen LogP contribution in [0.3, 0.4) is 0 Å². The van der Waals surface area contributed by atoms with Gasteiger partial charge in [0, 0.05) is 50.2 Å². The van der Waals surface area contributed by atoms with Gasteiger partial charge in [-0.15, -0.1) is 10.2 Å². The van der Waals surface area contributed by atoms with Crippen LogP contribution in [0.1, 0.15) is 64.2 Å². The highest BCUT2D eigenvalue weighted by Crippen LogP contribution is 2.45. The zero-order valence-corrected chi connectivity index (χ0v) is 27.7. The van der Waals surface area contributed by atoms with Crippen LogP contribution in [-0.2, 0) is 4.79 Å². The van der Waals surface area contributed by atoms with Crippen molar-refractivity contribution in [1.29, 1.82) is 0 Å². The third kappa shape index (κ3) is 8.76. The summed E-state index contributed by atoms with van der Waals surface area (Å²) in [5.41, 5.74) is 0.309. The number of amides is 1. The number of likely N-dealkylation sites (tertiary alicyclic amines) is 1. The van der Waals surface area contributed by atoms with Gasteiger partial charge in [-0.25, -0.2) is 4.39 Å². The maximum Gasteiger partial charge on any atom is 0.290 e. The summed E-state index contributed by atoms with van der Waals surface area (Å²) in [5, 5.41) is 15.0. The van der Waals surface area contributed by atoms with E-state index in [1.165, 1.54) is 31.0 Å². The van der Waals surface area contributed by atoms with E-state index >= 15 is 0 Å². The molecule has 0 radical (unpaired) electrons. The van der Waals surface area contributed by atoms with E-state index in [9.17, 15) is 9.18 Å². The summed E-state index contributed by atoms with van der Waals surface area (Å²) in [7, 11) is 4.26. The van der Waals surface area contributed by atoms with Gasteiger partial charge in [-0.3, -0.25) is 14.5 Å². The predicted octanol–water partition coefficient (Wildman–Crippen LogP) is 4.91. The molecule has 1 spiro atoms. The first-order valence-corrected chi connectivity index (χ1v) is 15.6. The van der Waals surface area contributed by atoms with Gasteiger partial charge in [-0.05, 0) is 96.4 Å². The van der Waals surface area contributed by atoms with Gasteiger partial charge in [-0.1, -0.05) is 13.8 Å². The van der Waals surface area contributed by atoms with E-state index in [0.717, 1.165) is 39.1 Å². The van der Waals surface area contributed by atoms with E-state index in [2.05, 4.69) is 57.8 Å². The number of carboxylic acid groups (broad SMARTS) is 1. The standard InChI is InChI=1S/C30H45ClFN7O2.CH2O2/c1-8-39(21(4)5)28(40)23-16-22(32)11-12-25(23)41-27-26(33-29(31)35-34-27)37-15-13-30(17-37)18-38(19-30)24(20(2)3)10-9-14-36(6)7;2-1-3/h11-12,16,20-21,24H,8-10,13-15,17-19H2,1-7H3;1H,(H,2,3). The summed E-state index contributed by atoms with van der Waals surface area (Å²) < 4.78 is 20.4. The highest BCUT2D eigenvalue weighted by molar-refractivity contribution is 6.28. The van der Waals surface area contributed by atoms with Crippen molar-refractivity contribution in [2.45, 2.75) is 66.0 Å². The second-order valence-electron chi connectivity index (χ2n) is 12.6. The molecule has 1 N–H and O–H groups in total. The molecule has 2 aromatic rings. The van der Waals surface area contributed by atoms with Gasteiger partial charge in [0.2, 0.25) is 5.28 Å². The molecule has 244 valence electrons. The predicted molar refractivity (Wildman–Crippen MR) is 169 cm³/mol. The van der Waals surface area contributed by atoms with Crippen LogP contribution in [0.5, 0.6) is 11.6 Å². The minimum absolute atomic E-state index is 0.0247. The van der Waals surface area contributed by atoms with Crippen LogP contribution in [0.15, 0.2) is 18.2 Å². The average molecular weight is 636 g/mol. The number of nitrogens with zero attached hydrogens (tertiary/aromatic N) is 7. The molecule has 0 aliphatic carbocycles. The van der Waals surface area contributed by atoms with E-state index in [-0.39, 0.29) is 46.3 Å². The van der Waals surface area contributed by atoms with Crippen LogP contribution in [0.25, 0.3) is 0 Å². The van der Waals surface area contributed by atoms with Crippen LogP contribution in [0, 0.1) is 17.2 Å². The molecule has 11 nitrogen and oxygen atoms in total. The molecule has 44 heavy (non-hydrogen) atoms. The second-order valence-corrected chi connectivity index (χ2v) is 12.9. The monoisotopic (exact) mass is 635 g/mol. The Morgan fingerprint density at radius 2 is 1.89 bits per heavy atom. The van der Waals surface area contributed by atoms with Crippen molar-refractivity contribution >= 4 is 29.8 Å². The van der Waals surface area contributed by atoms with Gasteiger partial charge in [0.25, 0.3) is 18.3 Å². The Morgan fingerprint density at radius 3 is 2.48 bits per heavy atom. The van der Waals surface area contributed by atoms with Gasteiger partial charge in [0.1, 0.15) is 11.6 Å². The Labute approximate surface area is 265 Å². The van der Waals surface area contributed by atoms with Gasteiger partial charge >= 0.3 is 0 Å². The Hall–Kier alpha value is -3.09. The van der Waals surface area contributed by atoms with Crippen molar-refractivity contribution in [3.8, 4) is 11.6 Å². The number of anilines is 1. The maximum absolute atomic E-state index is 14.3. The minimum Gasteiger partial charge on any atom is -0.483 e. The van der Waals surface area contributed by atoms with Crippen LogP contribution < -0.4 is 9.64 Å². The summed E-state index contributed by atoms with van der Waals surface area (Å²) in [6.45, 7) is 15.4. The SMILES string of the molecule is CCN(C(=O)c1cc(F)ccc1Oc1nnc(Cl)nc1N1CCC2(C1)CN(C(CCCN(C)C)C(C)C)C2)C(C)C.O=CO. The number of carbonyl (C=O) groups excluding carboxylic acids is 1. The van der Waals surface area contributed by atoms with Gasteiger partial charge in [0.05, 0.1) is 5.56 Å². The molecule has 13 heteroatoms. The van der Waals surface area contributed by atoms with Crippen molar-refractivity contribution in [2.24, 2.45) is 11.3 Å². The lowest BCUT2D eigenvalue weighted by molar-refractivity contribution is -0.122. The number of rotatable bonds is 12.